The number of esters is 1. The van der Waals surface area contributed by atoms with Gasteiger partial charge >= 0.3 is 5.97 Å². The van der Waals surface area contributed by atoms with Crippen molar-refractivity contribution in [2.24, 2.45) is 0 Å². The molecule has 0 aliphatic carbocycles. The van der Waals surface area contributed by atoms with Gasteiger partial charge in [0.2, 0.25) is 0 Å². The highest BCUT2D eigenvalue weighted by Gasteiger charge is 2.14. The molecule has 1 aromatic carbocycles. The summed E-state index contributed by atoms with van der Waals surface area (Å²) in [5.41, 5.74) is 0.957. The molecular weight excluding hydrogens is 182 g/mol. The molecule has 1 N–H and O–H groups in total. The molecule has 0 amide bonds. The van der Waals surface area contributed by atoms with Crippen LogP contribution in [-0.2, 0) is 4.74 Å². The summed E-state index contributed by atoms with van der Waals surface area (Å²) in [6.07, 6.45) is 1.34. The average molecular weight is 191 g/mol. The van der Waals surface area contributed by atoms with Gasteiger partial charge in [0.1, 0.15) is 0 Å². The van der Waals surface area contributed by atoms with Crippen LogP contribution in [0.4, 0.5) is 0 Å². The summed E-state index contributed by atoms with van der Waals surface area (Å²) in [4.78, 5) is 11.3. The van der Waals surface area contributed by atoms with Crippen LogP contribution in [0, 0.1) is 0 Å². The number of methoxy groups -OCH3 is 1. The third kappa shape index (κ3) is 1.12. The number of aromatic nitrogens is 1. The van der Waals surface area contributed by atoms with Gasteiger partial charge in [0.25, 0.3) is 0 Å². The van der Waals surface area contributed by atoms with Crippen molar-refractivity contribution in [3.63, 3.8) is 0 Å². The molecule has 0 radical (unpaired) electrons. The maximum Gasteiger partial charge on any atom is 0.340 e. The number of para-hydroxylation sites is 1. The molecule has 0 fully saturated rings. The number of benzene rings is 1. The molecular formula is C10H9NO3. The molecule has 0 spiro atoms. The number of rotatable bonds is 1. The lowest BCUT2D eigenvalue weighted by Crippen LogP contribution is -1.99. The average Bonchev–Trinajstić information content (AvgIpc) is 2.56. The molecule has 1 aromatic heterocycles. The molecule has 0 saturated carbocycles. The smallest absolute Gasteiger partial charge is 0.340 e. The Morgan fingerprint density at radius 3 is 2.86 bits per heavy atom. The third-order valence-corrected chi connectivity index (χ3v) is 2.10. The fraction of sp³-hybridized carbons (Fsp3) is 0.100. The Morgan fingerprint density at radius 2 is 2.14 bits per heavy atom. The second kappa shape index (κ2) is 3.06. The lowest BCUT2D eigenvalue weighted by Gasteiger charge is -1.94. The van der Waals surface area contributed by atoms with Gasteiger partial charge in [0, 0.05) is 5.39 Å². The highest BCUT2D eigenvalue weighted by molar-refractivity contribution is 6.04. The Bertz CT molecular complexity index is 487. The van der Waals surface area contributed by atoms with Gasteiger partial charge in [-0.3, -0.25) is 0 Å². The molecule has 0 atom stereocenters. The highest BCUT2D eigenvalue weighted by atomic mass is 16.5. The van der Waals surface area contributed by atoms with Gasteiger partial charge in [-0.2, -0.15) is 4.73 Å². The molecule has 0 aliphatic heterocycles. The van der Waals surface area contributed by atoms with Crippen LogP contribution in [-0.4, -0.2) is 23.0 Å². The second-order valence-corrected chi connectivity index (χ2v) is 2.90. The van der Waals surface area contributed by atoms with E-state index in [0.717, 1.165) is 4.73 Å². The maximum absolute atomic E-state index is 11.3. The van der Waals surface area contributed by atoms with Crippen molar-refractivity contribution in [2.45, 2.75) is 0 Å². The maximum atomic E-state index is 11.3. The number of carbonyl (C=O) groups is 1. The van der Waals surface area contributed by atoms with Crippen molar-refractivity contribution < 1.29 is 14.7 Å². The third-order valence-electron chi connectivity index (χ3n) is 2.10. The predicted molar refractivity (Wildman–Crippen MR) is 50.5 cm³/mol. The molecule has 72 valence electrons. The van der Waals surface area contributed by atoms with E-state index in [2.05, 4.69) is 4.74 Å². The van der Waals surface area contributed by atoms with E-state index in [1.807, 2.05) is 0 Å². The lowest BCUT2D eigenvalue weighted by molar-refractivity contribution is 0.0600. The predicted octanol–water partition coefficient (Wildman–Crippen LogP) is 1.67. The van der Waals surface area contributed by atoms with Crippen molar-refractivity contribution in [1.29, 1.82) is 0 Å². The van der Waals surface area contributed by atoms with E-state index in [-0.39, 0.29) is 0 Å². The monoisotopic (exact) mass is 191 g/mol. The minimum Gasteiger partial charge on any atom is -0.465 e. The van der Waals surface area contributed by atoms with Crippen molar-refractivity contribution in [1.82, 2.24) is 4.73 Å². The molecule has 2 aromatic rings. The summed E-state index contributed by atoms with van der Waals surface area (Å²) in [6.45, 7) is 0. The summed E-state index contributed by atoms with van der Waals surface area (Å²) in [6, 6.07) is 7.07. The minimum absolute atomic E-state index is 0.366. The van der Waals surface area contributed by atoms with Crippen LogP contribution in [0.1, 0.15) is 10.4 Å². The summed E-state index contributed by atoms with van der Waals surface area (Å²) in [5, 5.41) is 10.1. The van der Waals surface area contributed by atoms with Crippen LogP contribution in [0.2, 0.25) is 0 Å². The van der Waals surface area contributed by atoms with E-state index in [0.29, 0.717) is 16.5 Å². The summed E-state index contributed by atoms with van der Waals surface area (Å²) in [7, 11) is 1.31. The van der Waals surface area contributed by atoms with Crippen molar-refractivity contribution in [2.75, 3.05) is 7.11 Å². The van der Waals surface area contributed by atoms with Crippen molar-refractivity contribution in [3.8, 4) is 0 Å². The van der Waals surface area contributed by atoms with E-state index >= 15 is 0 Å². The fourth-order valence-electron chi connectivity index (χ4n) is 1.44. The quantitative estimate of drug-likeness (QED) is 0.551. The van der Waals surface area contributed by atoms with Crippen LogP contribution in [0.3, 0.4) is 0 Å². The Labute approximate surface area is 80.3 Å². The van der Waals surface area contributed by atoms with E-state index in [1.165, 1.54) is 13.3 Å². The van der Waals surface area contributed by atoms with Crippen LogP contribution in [0.25, 0.3) is 10.9 Å². The van der Waals surface area contributed by atoms with Crippen molar-refractivity contribution in [3.05, 3.63) is 36.0 Å². The van der Waals surface area contributed by atoms with Crippen molar-refractivity contribution >= 4 is 16.9 Å². The summed E-state index contributed by atoms with van der Waals surface area (Å²) >= 11 is 0. The zero-order valence-electron chi connectivity index (χ0n) is 7.60. The van der Waals surface area contributed by atoms with E-state index in [4.69, 9.17) is 0 Å². The molecule has 0 saturated heterocycles. The Kier molecular flexibility index (Phi) is 1.89. The van der Waals surface area contributed by atoms with Gasteiger partial charge in [-0.05, 0) is 6.07 Å². The van der Waals surface area contributed by atoms with Gasteiger partial charge in [-0.1, -0.05) is 18.2 Å². The largest absolute Gasteiger partial charge is 0.465 e. The fourth-order valence-corrected chi connectivity index (χ4v) is 1.44. The van der Waals surface area contributed by atoms with Crippen LogP contribution in [0.5, 0.6) is 0 Å². The first kappa shape index (κ1) is 8.62. The highest BCUT2D eigenvalue weighted by Crippen LogP contribution is 2.20. The number of hydrogen-bond acceptors (Lipinski definition) is 3. The van der Waals surface area contributed by atoms with Gasteiger partial charge < -0.3 is 9.94 Å². The molecule has 14 heavy (non-hydrogen) atoms. The van der Waals surface area contributed by atoms with Gasteiger partial charge in [0.05, 0.1) is 24.4 Å². The zero-order valence-corrected chi connectivity index (χ0v) is 7.60. The molecule has 4 nitrogen and oxygen atoms in total. The molecule has 0 bridgehead atoms. The normalized spacial score (nSPS) is 10.4. The lowest BCUT2D eigenvalue weighted by atomic mass is 10.2. The first-order valence-electron chi connectivity index (χ1n) is 4.11. The van der Waals surface area contributed by atoms with Gasteiger partial charge in [-0.25, -0.2) is 4.79 Å². The Balaban J connectivity index is 2.72. The van der Waals surface area contributed by atoms with E-state index in [1.54, 1.807) is 24.3 Å². The molecule has 1 heterocycles. The van der Waals surface area contributed by atoms with Crippen LogP contribution >= 0.6 is 0 Å². The van der Waals surface area contributed by atoms with E-state index < -0.39 is 5.97 Å². The molecule has 2 rings (SSSR count). The SMILES string of the molecule is COC(=O)c1cn(O)c2ccccc12. The summed E-state index contributed by atoms with van der Waals surface area (Å²) in [5.74, 6) is -0.450. The minimum atomic E-state index is -0.450. The Hall–Kier alpha value is -1.97. The molecule has 4 heteroatoms. The second-order valence-electron chi connectivity index (χ2n) is 2.90. The topological polar surface area (TPSA) is 51.5 Å². The Morgan fingerprint density at radius 1 is 1.43 bits per heavy atom. The first-order valence-corrected chi connectivity index (χ1v) is 4.11. The molecule has 0 aliphatic rings. The number of hydrogen-bond donors (Lipinski definition) is 1. The van der Waals surface area contributed by atoms with Gasteiger partial charge in [-0.15, -0.1) is 0 Å². The number of ether oxygens (including phenoxy) is 1. The van der Waals surface area contributed by atoms with Gasteiger partial charge in [0.15, 0.2) is 0 Å². The first-order chi connectivity index (χ1) is 6.74. The number of nitrogens with zero attached hydrogens (tertiary/aromatic N) is 1. The van der Waals surface area contributed by atoms with Crippen LogP contribution in [0.15, 0.2) is 30.5 Å². The molecule has 0 unspecified atom stereocenters. The number of carbonyl (C=O) groups excluding carboxylic acids is 1. The van der Waals surface area contributed by atoms with Crippen LogP contribution < -0.4 is 0 Å². The zero-order chi connectivity index (χ0) is 10.1. The standard InChI is InChI=1S/C10H9NO3/c1-14-10(12)8-6-11(13)9-5-3-2-4-7(8)9/h2-6,13H,1H3. The number of fused-ring (bicyclic) bond motifs is 1. The summed E-state index contributed by atoms with van der Waals surface area (Å²) < 4.78 is 5.51. The van der Waals surface area contributed by atoms with E-state index in [9.17, 15) is 10.0 Å².